The summed E-state index contributed by atoms with van der Waals surface area (Å²) in [5, 5.41) is 21.8. The van der Waals surface area contributed by atoms with Crippen LogP contribution < -0.4 is 5.32 Å². The number of carbonyl (C=O) groups is 1. The van der Waals surface area contributed by atoms with E-state index < -0.39 is 21.5 Å². The van der Waals surface area contributed by atoms with E-state index in [1.54, 1.807) is 12.1 Å². The Bertz CT molecular complexity index is 894. The number of carbonyl (C=O) groups excluding carboxylic acids is 1. The molecular weight excluding hydrogens is 404 g/mol. The standard InChI is InChI=1S/C21H30N4O4S/c1-2-18(15-26)24-10-12-25(13-11-24)30(28,29)19-7-5-6-17(14-19)20(27)23-21(16-22)8-3-4-9-21/h5-7,14,18,26H,2-4,8-13,15H2,1H3,(H,23,27)/t18-/m0/s1. The van der Waals surface area contributed by atoms with Crippen molar-refractivity contribution in [2.75, 3.05) is 32.8 Å². The van der Waals surface area contributed by atoms with Crippen LogP contribution in [0.25, 0.3) is 0 Å². The predicted molar refractivity (Wildman–Crippen MR) is 112 cm³/mol. The van der Waals surface area contributed by atoms with Gasteiger partial charge < -0.3 is 10.4 Å². The third kappa shape index (κ3) is 4.67. The van der Waals surface area contributed by atoms with Crippen LogP contribution in [0.3, 0.4) is 0 Å². The molecule has 1 aromatic rings. The Morgan fingerprint density at radius 3 is 2.50 bits per heavy atom. The number of nitrogens with zero attached hydrogens (tertiary/aromatic N) is 3. The van der Waals surface area contributed by atoms with Crippen molar-refractivity contribution in [2.24, 2.45) is 0 Å². The summed E-state index contributed by atoms with van der Waals surface area (Å²) in [7, 11) is -3.73. The fraction of sp³-hybridized carbons (Fsp3) is 0.619. The highest BCUT2D eigenvalue weighted by atomic mass is 32.2. The van der Waals surface area contributed by atoms with Crippen molar-refractivity contribution in [3.8, 4) is 6.07 Å². The zero-order valence-corrected chi connectivity index (χ0v) is 18.2. The second kappa shape index (κ2) is 9.43. The smallest absolute Gasteiger partial charge is 0.252 e. The van der Waals surface area contributed by atoms with Crippen LogP contribution >= 0.6 is 0 Å². The molecule has 2 N–H and O–H groups in total. The third-order valence-corrected chi connectivity index (χ3v) is 8.12. The molecule has 0 bridgehead atoms. The Hall–Kier alpha value is -1.99. The fourth-order valence-corrected chi connectivity index (χ4v) is 5.76. The Morgan fingerprint density at radius 2 is 1.93 bits per heavy atom. The van der Waals surface area contributed by atoms with E-state index in [1.165, 1.54) is 16.4 Å². The number of piperazine rings is 1. The largest absolute Gasteiger partial charge is 0.395 e. The van der Waals surface area contributed by atoms with E-state index in [0.717, 1.165) is 19.3 Å². The summed E-state index contributed by atoms with van der Waals surface area (Å²) >= 11 is 0. The van der Waals surface area contributed by atoms with Gasteiger partial charge in [0.15, 0.2) is 0 Å². The van der Waals surface area contributed by atoms with Crippen LogP contribution in [0.1, 0.15) is 49.4 Å². The summed E-state index contributed by atoms with van der Waals surface area (Å²) < 4.78 is 27.7. The number of aliphatic hydroxyl groups excluding tert-OH is 1. The van der Waals surface area contributed by atoms with Gasteiger partial charge in [-0.15, -0.1) is 0 Å². The summed E-state index contributed by atoms with van der Waals surface area (Å²) in [5.41, 5.74) is -0.618. The molecule has 1 aliphatic heterocycles. The molecule has 1 aromatic carbocycles. The topological polar surface area (TPSA) is 114 Å². The number of hydrogen-bond acceptors (Lipinski definition) is 6. The quantitative estimate of drug-likeness (QED) is 0.669. The lowest BCUT2D eigenvalue weighted by Crippen LogP contribution is -2.52. The van der Waals surface area contributed by atoms with E-state index in [1.807, 2.05) is 6.92 Å². The zero-order chi connectivity index (χ0) is 21.8. The molecule has 9 heteroatoms. The molecule has 30 heavy (non-hydrogen) atoms. The first kappa shape index (κ1) is 22.7. The first-order chi connectivity index (χ1) is 14.3. The number of hydrogen-bond donors (Lipinski definition) is 2. The number of nitrogens with one attached hydrogen (secondary N) is 1. The van der Waals surface area contributed by atoms with Crippen LogP contribution in [0.5, 0.6) is 0 Å². The van der Waals surface area contributed by atoms with Gasteiger partial charge in [-0.25, -0.2) is 8.42 Å². The van der Waals surface area contributed by atoms with Crippen LogP contribution in [0.4, 0.5) is 0 Å². The minimum atomic E-state index is -3.73. The predicted octanol–water partition coefficient (Wildman–Crippen LogP) is 1.33. The minimum Gasteiger partial charge on any atom is -0.395 e. The monoisotopic (exact) mass is 434 g/mol. The van der Waals surface area contributed by atoms with Gasteiger partial charge in [-0.2, -0.15) is 9.57 Å². The van der Waals surface area contributed by atoms with Gasteiger partial charge in [0.05, 0.1) is 17.6 Å². The number of benzene rings is 1. The summed E-state index contributed by atoms with van der Waals surface area (Å²) in [6.45, 7) is 3.86. The number of nitriles is 1. The van der Waals surface area contributed by atoms with Crippen molar-refractivity contribution in [1.29, 1.82) is 5.26 Å². The SMILES string of the molecule is CC[C@@H](CO)N1CCN(S(=O)(=O)c2cccc(C(=O)NC3(C#N)CCCC3)c2)CC1. The van der Waals surface area contributed by atoms with E-state index >= 15 is 0 Å². The summed E-state index contributed by atoms with van der Waals surface area (Å²) in [4.78, 5) is 14.9. The lowest BCUT2D eigenvalue weighted by Gasteiger charge is -2.37. The molecule has 164 valence electrons. The molecule has 3 rings (SSSR count). The van der Waals surface area contributed by atoms with Crippen LogP contribution in [0.2, 0.25) is 0 Å². The Labute approximate surface area is 178 Å². The summed E-state index contributed by atoms with van der Waals surface area (Å²) in [6.07, 6.45) is 3.83. The molecule has 1 saturated heterocycles. The van der Waals surface area contributed by atoms with Gasteiger partial charge in [0, 0.05) is 37.8 Å². The lowest BCUT2D eigenvalue weighted by atomic mass is 9.99. The van der Waals surface area contributed by atoms with Gasteiger partial charge in [0.25, 0.3) is 5.91 Å². The normalized spacial score (nSPS) is 21.1. The van der Waals surface area contributed by atoms with Gasteiger partial charge in [-0.3, -0.25) is 9.69 Å². The average molecular weight is 435 g/mol. The molecule has 1 atom stereocenters. The van der Waals surface area contributed by atoms with Crippen LogP contribution in [-0.4, -0.2) is 73.0 Å². The third-order valence-electron chi connectivity index (χ3n) is 6.23. The number of amides is 1. The van der Waals surface area contributed by atoms with Gasteiger partial charge in [0.2, 0.25) is 10.0 Å². The average Bonchev–Trinajstić information content (AvgIpc) is 3.24. The maximum atomic E-state index is 13.1. The second-order valence-corrected chi connectivity index (χ2v) is 10.0. The lowest BCUT2D eigenvalue weighted by molar-refractivity contribution is 0.0881. The molecule has 1 amide bonds. The van der Waals surface area contributed by atoms with E-state index in [9.17, 15) is 23.6 Å². The summed E-state index contributed by atoms with van der Waals surface area (Å²) in [5.74, 6) is -0.422. The minimum absolute atomic E-state index is 0.0462. The number of aliphatic hydroxyl groups is 1. The highest BCUT2D eigenvalue weighted by Gasteiger charge is 2.36. The first-order valence-electron chi connectivity index (χ1n) is 10.5. The van der Waals surface area contributed by atoms with Crippen molar-refractivity contribution in [1.82, 2.24) is 14.5 Å². The van der Waals surface area contributed by atoms with Crippen molar-refractivity contribution in [3.05, 3.63) is 29.8 Å². The van der Waals surface area contributed by atoms with Crippen LogP contribution in [0.15, 0.2) is 29.2 Å². The molecule has 0 radical (unpaired) electrons. The molecule has 1 aliphatic carbocycles. The Kier molecular flexibility index (Phi) is 7.14. The maximum Gasteiger partial charge on any atom is 0.252 e. The molecule has 2 fully saturated rings. The molecule has 1 heterocycles. The molecular formula is C21H30N4O4S. The summed E-state index contributed by atoms with van der Waals surface area (Å²) in [6, 6.07) is 8.28. The Morgan fingerprint density at radius 1 is 1.27 bits per heavy atom. The maximum absolute atomic E-state index is 13.1. The van der Waals surface area contributed by atoms with Crippen molar-refractivity contribution >= 4 is 15.9 Å². The molecule has 0 spiro atoms. The number of sulfonamides is 1. The molecule has 0 unspecified atom stereocenters. The van der Waals surface area contributed by atoms with Gasteiger partial charge in [-0.1, -0.05) is 13.0 Å². The van der Waals surface area contributed by atoms with Crippen LogP contribution in [0, 0.1) is 11.3 Å². The molecule has 2 aliphatic rings. The van der Waals surface area contributed by atoms with E-state index in [2.05, 4.69) is 16.3 Å². The van der Waals surface area contributed by atoms with E-state index in [0.29, 0.717) is 39.0 Å². The first-order valence-corrected chi connectivity index (χ1v) is 12.0. The van der Waals surface area contributed by atoms with Crippen molar-refractivity contribution < 1.29 is 18.3 Å². The van der Waals surface area contributed by atoms with E-state index in [-0.39, 0.29) is 23.1 Å². The van der Waals surface area contributed by atoms with Crippen molar-refractivity contribution in [2.45, 2.75) is 55.5 Å². The second-order valence-electron chi connectivity index (χ2n) is 8.07. The molecule has 8 nitrogen and oxygen atoms in total. The molecule has 0 aromatic heterocycles. The Balaban J connectivity index is 1.72. The van der Waals surface area contributed by atoms with E-state index in [4.69, 9.17) is 0 Å². The van der Waals surface area contributed by atoms with Gasteiger partial charge in [0.1, 0.15) is 5.54 Å². The highest BCUT2D eigenvalue weighted by molar-refractivity contribution is 7.89. The van der Waals surface area contributed by atoms with Gasteiger partial charge >= 0.3 is 0 Å². The fourth-order valence-electron chi connectivity index (χ4n) is 4.29. The van der Waals surface area contributed by atoms with Crippen LogP contribution in [-0.2, 0) is 10.0 Å². The highest BCUT2D eigenvalue weighted by Crippen LogP contribution is 2.29. The van der Waals surface area contributed by atoms with Crippen molar-refractivity contribution in [3.63, 3.8) is 0 Å². The van der Waals surface area contributed by atoms with Gasteiger partial charge in [-0.05, 0) is 50.3 Å². The zero-order valence-electron chi connectivity index (χ0n) is 17.4. The molecule has 1 saturated carbocycles. The number of rotatable bonds is 7.